The van der Waals surface area contributed by atoms with E-state index in [1.54, 1.807) is 24.3 Å². The smallest absolute Gasteiger partial charge is 0.295 e. The number of carbonyl (C=O) groups excluding carboxylic acids is 2. The SMILES string of the molecule is Cc1cc(/C(O)=C2\C(=O)C(=O)N(Cc3ccc(F)cc3)C2c2ccccc2F)ccc1Br. The molecule has 4 nitrogen and oxygen atoms in total. The van der Waals surface area contributed by atoms with Crippen LogP contribution in [0.2, 0.25) is 0 Å². The number of rotatable bonds is 4. The van der Waals surface area contributed by atoms with Gasteiger partial charge >= 0.3 is 0 Å². The fourth-order valence-electron chi connectivity index (χ4n) is 3.80. The zero-order valence-corrected chi connectivity index (χ0v) is 18.6. The van der Waals surface area contributed by atoms with Gasteiger partial charge in [0.1, 0.15) is 17.4 Å². The molecule has 1 heterocycles. The Labute approximate surface area is 191 Å². The molecule has 0 saturated carbocycles. The summed E-state index contributed by atoms with van der Waals surface area (Å²) in [5, 5.41) is 11.1. The highest BCUT2D eigenvalue weighted by molar-refractivity contribution is 9.10. The van der Waals surface area contributed by atoms with Gasteiger partial charge in [-0.1, -0.05) is 52.3 Å². The quantitative estimate of drug-likeness (QED) is 0.287. The summed E-state index contributed by atoms with van der Waals surface area (Å²) >= 11 is 3.39. The summed E-state index contributed by atoms with van der Waals surface area (Å²) in [6, 6.07) is 15.1. The second-order valence-electron chi connectivity index (χ2n) is 7.54. The molecular formula is C25H18BrF2NO3. The lowest BCUT2D eigenvalue weighted by Crippen LogP contribution is -2.29. The third-order valence-electron chi connectivity index (χ3n) is 5.44. The van der Waals surface area contributed by atoms with Crippen LogP contribution in [-0.4, -0.2) is 21.7 Å². The number of ketones is 1. The van der Waals surface area contributed by atoms with Crippen molar-refractivity contribution in [3.8, 4) is 0 Å². The Morgan fingerprint density at radius 3 is 2.38 bits per heavy atom. The van der Waals surface area contributed by atoms with Crippen LogP contribution in [0.15, 0.2) is 76.8 Å². The van der Waals surface area contributed by atoms with Crippen molar-refractivity contribution in [3.63, 3.8) is 0 Å². The van der Waals surface area contributed by atoms with Crippen LogP contribution >= 0.6 is 15.9 Å². The first-order valence-corrected chi connectivity index (χ1v) is 10.6. The third-order valence-corrected chi connectivity index (χ3v) is 6.33. The zero-order valence-electron chi connectivity index (χ0n) is 17.0. The molecule has 1 aliphatic heterocycles. The second-order valence-corrected chi connectivity index (χ2v) is 8.39. The Kier molecular flexibility index (Phi) is 5.93. The van der Waals surface area contributed by atoms with Crippen molar-refractivity contribution in [2.45, 2.75) is 19.5 Å². The minimum absolute atomic E-state index is 0.0556. The van der Waals surface area contributed by atoms with Crippen LogP contribution in [0.25, 0.3) is 5.76 Å². The van der Waals surface area contributed by atoms with Crippen molar-refractivity contribution in [1.82, 2.24) is 4.90 Å². The van der Waals surface area contributed by atoms with Gasteiger partial charge in [-0.3, -0.25) is 9.59 Å². The van der Waals surface area contributed by atoms with Crippen LogP contribution in [-0.2, 0) is 16.1 Å². The van der Waals surface area contributed by atoms with Gasteiger partial charge in [0, 0.05) is 22.1 Å². The topological polar surface area (TPSA) is 57.6 Å². The third kappa shape index (κ3) is 3.96. The van der Waals surface area contributed by atoms with E-state index in [0.717, 1.165) is 10.0 Å². The molecule has 1 amide bonds. The van der Waals surface area contributed by atoms with Crippen molar-refractivity contribution in [2.75, 3.05) is 0 Å². The molecule has 0 aliphatic carbocycles. The molecule has 1 aliphatic rings. The largest absolute Gasteiger partial charge is 0.507 e. The molecule has 0 spiro atoms. The lowest BCUT2D eigenvalue weighted by Gasteiger charge is -2.25. The predicted molar refractivity (Wildman–Crippen MR) is 120 cm³/mol. The molecular weight excluding hydrogens is 480 g/mol. The van der Waals surface area contributed by atoms with Crippen LogP contribution in [0, 0.1) is 18.6 Å². The molecule has 1 atom stereocenters. The summed E-state index contributed by atoms with van der Waals surface area (Å²) in [5.74, 6) is -3.20. The lowest BCUT2D eigenvalue weighted by atomic mass is 9.94. The molecule has 0 aromatic heterocycles. The molecule has 3 aromatic rings. The van der Waals surface area contributed by atoms with Gasteiger partial charge in [-0.2, -0.15) is 0 Å². The van der Waals surface area contributed by atoms with E-state index < -0.39 is 29.4 Å². The number of Topliss-reactive ketones (excluding diaryl/α,β-unsaturated/α-hetero) is 1. The van der Waals surface area contributed by atoms with Crippen LogP contribution in [0.4, 0.5) is 8.78 Å². The van der Waals surface area contributed by atoms with E-state index in [-0.39, 0.29) is 23.4 Å². The summed E-state index contributed by atoms with van der Waals surface area (Å²) in [4.78, 5) is 27.2. The van der Waals surface area contributed by atoms with Gasteiger partial charge in [0.2, 0.25) is 0 Å². The highest BCUT2D eigenvalue weighted by Gasteiger charge is 2.46. The molecule has 1 saturated heterocycles. The van der Waals surface area contributed by atoms with E-state index in [4.69, 9.17) is 0 Å². The van der Waals surface area contributed by atoms with Crippen molar-refractivity contribution in [3.05, 3.63) is 111 Å². The predicted octanol–water partition coefficient (Wildman–Crippen LogP) is 5.66. The van der Waals surface area contributed by atoms with E-state index in [9.17, 15) is 23.5 Å². The molecule has 1 unspecified atom stereocenters. The van der Waals surface area contributed by atoms with Gasteiger partial charge in [-0.15, -0.1) is 0 Å². The number of nitrogens with zero attached hydrogens (tertiary/aromatic N) is 1. The average molecular weight is 498 g/mol. The number of aliphatic hydroxyl groups is 1. The van der Waals surface area contributed by atoms with Crippen LogP contribution in [0.1, 0.15) is 28.3 Å². The Morgan fingerprint density at radius 2 is 1.72 bits per heavy atom. The van der Waals surface area contributed by atoms with E-state index in [1.165, 1.54) is 47.4 Å². The van der Waals surface area contributed by atoms with E-state index >= 15 is 0 Å². The number of likely N-dealkylation sites (tertiary alicyclic amines) is 1. The van der Waals surface area contributed by atoms with Crippen molar-refractivity contribution >= 4 is 33.4 Å². The second kappa shape index (κ2) is 8.67. The van der Waals surface area contributed by atoms with Gasteiger partial charge in [0.25, 0.3) is 11.7 Å². The standard InChI is InChI=1S/C25H18BrF2NO3/c1-14-12-16(8-11-19(14)26)23(30)21-22(18-4-2-3-5-20(18)28)29(25(32)24(21)31)13-15-6-9-17(27)10-7-15/h2-12,22,30H,13H2,1H3/b23-21+. The Bertz CT molecular complexity index is 1250. The fraction of sp³-hybridized carbons (Fsp3) is 0.120. The van der Waals surface area contributed by atoms with Crippen LogP contribution in [0.5, 0.6) is 0 Å². The molecule has 7 heteroatoms. The maximum absolute atomic E-state index is 14.8. The number of hydrogen-bond donors (Lipinski definition) is 1. The van der Waals surface area contributed by atoms with Crippen molar-refractivity contribution < 1.29 is 23.5 Å². The van der Waals surface area contributed by atoms with E-state index in [2.05, 4.69) is 15.9 Å². The molecule has 4 rings (SSSR count). The number of carbonyl (C=O) groups is 2. The number of benzene rings is 3. The molecule has 162 valence electrons. The molecule has 0 bridgehead atoms. The molecule has 0 radical (unpaired) electrons. The molecule has 1 N–H and O–H groups in total. The zero-order chi connectivity index (χ0) is 23.0. The number of amides is 1. The Morgan fingerprint density at radius 1 is 1.03 bits per heavy atom. The average Bonchev–Trinajstić information content (AvgIpc) is 3.02. The van der Waals surface area contributed by atoms with Gasteiger partial charge in [-0.05, 0) is 48.4 Å². The molecule has 1 fully saturated rings. The Balaban J connectivity index is 1.88. The monoisotopic (exact) mass is 497 g/mol. The summed E-state index contributed by atoms with van der Waals surface area (Å²) < 4.78 is 28.9. The molecule has 32 heavy (non-hydrogen) atoms. The van der Waals surface area contributed by atoms with E-state index in [1.807, 2.05) is 6.92 Å². The summed E-state index contributed by atoms with van der Waals surface area (Å²) in [7, 11) is 0. The van der Waals surface area contributed by atoms with Gasteiger partial charge in [-0.25, -0.2) is 8.78 Å². The number of aliphatic hydroxyl groups excluding tert-OH is 1. The summed E-state index contributed by atoms with van der Waals surface area (Å²) in [6.07, 6.45) is 0. The van der Waals surface area contributed by atoms with Crippen molar-refractivity contribution in [2.24, 2.45) is 0 Å². The molecule has 3 aromatic carbocycles. The highest BCUT2D eigenvalue weighted by Crippen LogP contribution is 2.41. The minimum Gasteiger partial charge on any atom is -0.507 e. The number of aryl methyl sites for hydroxylation is 1. The van der Waals surface area contributed by atoms with Gasteiger partial charge < -0.3 is 10.0 Å². The van der Waals surface area contributed by atoms with Crippen LogP contribution in [0.3, 0.4) is 0 Å². The lowest BCUT2D eigenvalue weighted by molar-refractivity contribution is -0.140. The Hall–Kier alpha value is -3.32. The normalized spacial score (nSPS) is 17.8. The number of halogens is 3. The fourth-order valence-corrected chi connectivity index (χ4v) is 4.04. The first kappa shape index (κ1) is 21.9. The first-order chi connectivity index (χ1) is 15.3. The summed E-state index contributed by atoms with van der Waals surface area (Å²) in [6.45, 7) is 1.77. The van der Waals surface area contributed by atoms with Crippen LogP contribution < -0.4 is 0 Å². The van der Waals surface area contributed by atoms with Gasteiger partial charge in [0.05, 0.1) is 11.6 Å². The first-order valence-electron chi connectivity index (χ1n) is 9.81. The van der Waals surface area contributed by atoms with E-state index in [0.29, 0.717) is 11.1 Å². The summed E-state index contributed by atoms with van der Waals surface area (Å²) in [5.41, 5.74) is 1.62. The van der Waals surface area contributed by atoms with Crippen molar-refractivity contribution in [1.29, 1.82) is 0 Å². The van der Waals surface area contributed by atoms with Gasteiger partial charge in [0.15, 0.2) is 0 Å². The minimum atomic E-state index is -1.13. The highest BCUT2D eigenvalue weighted by atomic mass is 79.9. The number of hydrogen-bond acceptors (Lipinski definition) is 3. The maximum atomic E-state index is 14.8. The maximum Gasteiger partial charge on any atom is 0.295 e.